The van der Waals surface area contributed by atoms with E-state index in [2.05, 4.69) is 28.2 Å². The van der Waals surface area contributed by atoms with Crippen LogP contribution in [0.25, 0.3) is 10.9 Å². The minimum absolute atomic E-state index is 0.605. The molecule has 24 heavy (non-hydrogen) atoms. The van der Waals surface area contributed by atoms with Crippen molar-refractivity contribution < 1.29 is 9.84 Å². The summed E-state index contributed by atoms with van der Waals surface area (Å²) in [7, 11) is 1.65. The highest BCUT2D eigenvalue weighted by Crippen LogP contribution is 2.41. The van der Waals surface area contributed by atoms with Crippen LogP contribution >= 0.6 is 0 Å². The van der Waals surface area contributed by atoms with Crippen LogP contribution in [0.3, 0.4) is 0 Å². The van der Waals surface area contributed by atoms with E-state index in [1.165, 1.54) is 5.56 Å². The Hall–Kier alpha value is -2.46. The monoisotopic (exact) mass is 320 g/mol. The molecule has 0 saturated heterocycles. The smallest absolute Gasteiger partial charge is 0.217 e. The number of methoxy groups -OCH3 is 1. The summed E-state index contributed by atoms with van der Waals surface area (Å²) < 4.78 is 5.46. The molecule has 0 amide bonds. The molecule has 1 fully saturated rings. The molecule has 1 aliphatic rings. The van der Waals surface area contributed by atoms with Crippen LogP contribution in [-0.2, 0) is 12.0 Å². The Labute approximate surface area is 141 Å². The van der Waals surface area contributed by atoms with Gasteiger partial charge in [0.2, 0.25) is 5.88 Å². The number of benzene rings is 1. The molecular formula is C20H20N2O2. The lowest BCUT2D eigenvalue weighted by atomic mass is 9.75. The predicted octanol–water partition coefficient (Wildman–Crippen LogP) is 3.60. The first-order valence-electron chi connectivity index (χ1n) is 8.27. The SMILES string of the molecule is COc1nc2ccncc2cc1Cc1ccc(C2(O)CCC2)cc1. The second kappa shape index (κ2) is 5.87. The summed E-state index contributed by atoms with van der Waals surface area (Å²) in [5.74, 6) is 0.649. The van der Waals surface area contributed by atoms with Gasteiger partial charge in [0.05, 0.1) is 18.2 Å². The minimum atomic E-state index is -0.605. The highest BCUT2D eigenvalue weighted by molar-refractivity contribution is 5.79. The molecule has 1 aromatic carbocycles. The average Bonchev–Trinajstić information content (AvgIpc) is 2.59. The van der Waals surface area contributed by atoms with Crippen molar-refractivity contribution in [1.29, 1.82) is 0 Å². The van der Waals surface area contributed by atoms with Gasteiger partial charge in [0, 0.05) is 29.8 Å². The number of hydrogen-bond acceptors (Lipinski definition) is 4. The van der Waals surface area contributed by atoms with E-state index in [1.807, 2.05) is 24.4 Å². The van der Waals surface area contributed by atoms with E-state index in [4.69, 9.17) is 4.74 Å². The molecule has 4 nitrogen and oxygen atoms in total. The largest absolute Gasteiger partial charge is 0.481 e. The first-order chi connectivity index (χ1) is 11.7. The van der Waals surface area contributed by atoms with Crippen LogP contribution in [0.4, 0.5) is 0 Å². The summed E-state index contributed by atoms with van der Waals surface area (Å²) >= 11 is 0. The quantitative estimate of drug-likeness (QED) is 0.798. The van der Waals surface area contributed by atoms with Crippen molar-refractivity contribution >= 4 is 10.9 Å². The summed E-state index contributed by atoms with van der Waals surface area (Å²) in [5.41, 5.74) is 3.50. The van der Waals surface area contributed by atoms with Crippen molar-refractivity contribution in [3.63, 3.8) is 0 Å². The number of aliphatic hydroxyl groups is 1. The third kappa shape index (κ3) is 2.63. The van der Waals surface area contributed by atoms with Gasteiger partial charge in [-0.25, -0.2) is 4.98 Å². The highest BCUT2D eigenvalue weighted by atomic mass is 16.5. The molecule has 0 aliphatic heterocycles. The molecule has 1 N–H and O–H groups in total. The highest BCUT2D eigenvalue weighted by Gasteiger charge is 2.35. The van der Waals surface area contributed by atoms with Crippen molar-refractivity contribution in [1.82, 2.24) is 9.97 Å². The van der Waals surface area contributed by atoms with Crippen molar-refractivity contribution in [2.24, 2.45) is 0 Å². The molecular weight excluding hydrogens is 300 g/mol. The van der Waals surface area contributed by atoms with Crippen LogP contribution in [0.1, 0.15) is 36.0 Å². The van der Waals surface area contributed by atoms with E-state index in [0.29, 0.717) is 5.88 Å². The second-order valence-electron chi connectivity index (χ2n) is 6.48. The van der Waals surface area contributed by atoms with Crippen molar-refractivity contribution in [3.8, 4) is 5.88 Å². The summed E-state index contributed by atoms with van der Waals surface area (Å²) in [5, 5.41) is 11.4. The van der Waals surface area contributed by atoms with Crippen LogP contribution in [0.15, 0.2) is 48.8 Å². The normalized spacial score (nSPS) is 15.9. The molecule has 4 heteroatoms. The van der Waals surface area contributed by atoms with Crippen LogP contribution in [-0.4, -0.2) is 22.2 Å². The zero-order valence-electron chi connectivity index (χ0n) is 13.7. The maximum absolute atomic E-state index is 10.4. The molecule has 0 atom stereocenters. The summed E-state index contributed by atoms with van der Waals surface area (Å²) in [4.78, 5) is 8.73. The van der Waals surface area contributed by atoms with E-state index >= 15 is 0 Å². The molecule has 122 valence electrons. The van der Waals surface area contributed by atoms with E-state index < -0.39 is 5.60 Å². The van der Waals surface area contributed by atoms with Gasteiger partial charge in [-0.2, -0.15) is 0 Å². The second-order valence-corrected chi connectivity index (χ2v) is 6.48. The summed E-state index contributed by atoms with van der Waals surface area (Å²) in [6.45, 7) is 0. The Kier molecular flexibility index (Phi) is 3.69. The molecule has 0 unspecified atom stereocenters. The summed E-state index contributed by atoms with van der Waals surface area (Å²) in [6.07, 6.45) is 7.12. The third-order valence-corrected chi connectivity index (χ3v) is 4.91. The van der Waals surface area contributed by atoms with Gasteiger partial charge in [0.15, 0.2) is 0 Å². The molecule has 4 rings (SSSR count). The van der Waals surface area contributed by atoms with Crippen LogP contribution in [0.5, 0.6) is 5.88 Å². The molecule has 0 bridgehead atoms. The molecule has 1 aliphatic carbocycles. The van der Waals surface area contributed by atoms with Gasteiger partial charge in [-0.05, 0) is 42.5 Å². The molecule has 2 heterocycles. The van der Waals surface area contributed by atoms with Crippen LogP contribution in [0, 0.1) is 0 Å². The van der Waals surface area contributed by atoms with Gasteiger partial charge in [-0.1, -0.05) is 24.3 Å². The molecule has 3 aromatic rings. The number of pyridine rings is 2. The number of fused-ring (bicyclic) bond motifs is 1. The fourth-order valence-electron chi connectivity index (χ4n) is 3.30. The lowest BCUT2D eigenvalue weighted by Gasteiger charge is -2.37. The number of nitrogens with zero attached hydrogens (tertiary/aromatic N) is 2. The Balaban J connectivity index is 1.63. The standard InChI is InChI=1S/C20H20N2O2/c1-24-19-15(12-16-13-21-10-7-18(16)22-19)11-14-3-5-17(6-4-14)20(23)8-2-9-20/h3-7,10,12-13,23H,2,8-9,11H2,1H3. The van der Waals surface area contributed by atoms with E-state index in [-0.39, 0.29) is 0 Å². The summed E-state index contributed by atoms with van der Waals surface area (Å²) in [6, 6.07) is 12.2. The Morgan fingerprint density at radius 2 is 1.96 bits per heavy atom. The van der Waals surface area contributed by atoms with Gasteiger partial charge in [0.25, 0.3) is 0 Å². The maximum atomic E-state index is 10.4. The fraction of sp³-hybridized carbons (Fsp3) is 0.300. The average molecular weight is 320 g/mol. The Morgan fingerprint density at radius 3 is 2.62 bits per heavy atom. The number of rotatable bonds is 4. The molecule has 1 saturated carbocycles. The van der Waals surface area contributed by atoms with E-state index in [9.17, 15) is 5.11 Å². The molecule has 0 radical (unpaired) electrons. The van der Waals surface area contributed by atoms with Gasteiger partial charge < -0.3 is 9.84 Å². The topological polar surface area (TPSA) is 55.2 Å². The lowest BCUT2D eigenvalue weighted by molar-refractivity contribution is -0.0388. The van der Waals surface area contributed by atoms with Crippen LogP contribution in [0.2, 0.25) is 0 Å². The third-order valence-electron chi connectivity index (χ3n) is 4.91. The lowest BCUT2D eigenvalue weighted by Crippen LogP contribution is -2.33. The zero-order valence-corrected chi connectivity index (χ0v) is 13.7. The van der Waals surface area contributed by atoms with Gasteiger partial charge in [-0.15, -0.1) is 0 Å². The van der Waals surface area contributed by atoms with Gasteiger partial charge >= 0.3 is 0 Å². The first-order valence-corrected chi connectivity index (χ1v) is 8.27. The fourth-order valence-corrected chi connectivity index (χ4v) is 3.30. The Morgan fingerprint density at radius 1 is 1.17 bits per heavy atom. The number of ether oxygens (including phenoxy) is 1. The van der Waals surface area contributed by atoms with E-state index in [1.54, 1.807) is 13.3 Å². The van der Waals surface area contributed by atoms with Crippen molar-refractivity contribution in [3.05, 3.63) is 65.5 Å². The number of hydrogen-bond donors (Lipinski definition) is 1. The Bertz CT molecular complexity index is 870. The van der Waals surface area contributed by atoms with Crippen molar-refractivity contribution in [2.75, 3.05) is 7.11 Å². The number of aromatic nitrogens is 2. The maximum Gasteiger partial charge on any atom is 0.217 e. The zero-order chi connectivity index (χ0) is 16.6. The van der Waals surface area contributed by atoms with E-state index in [0.717, 1.165) is 47.7 Å². The van der Waals surface area contributed by atoms with Crippen molar-refractivity contribution in [2.45, 2.75) is 31.3 Å². The van der Waals surface area contributed by atoms with Gasteiger partial charge in [0.1, 0.15) is 0 Å². The first kappa shape index (κ1) is 15.1. The molecule has 2 aromatic heterocycles. The van der Waals surface area contributed by atoms with Crippen LogP contribution < -0.4 is 4.74 Å². The predicted molar refractivity (Wildman–Crippen MR) is 93.1 cm³/mol. The minimum Gasteiger partial charge on any atom is -0.481 e. The van der Waals surface area contributed by atoms with Gasteiger partial charge in [-0.3, -0.25) is 4.98 Å². The molecule has 0 spiro atoms.